The van der Waals surface area contributed by atoms with Gasteiger partial charge < -0.3 is 10.2 Å². The minimum atomic E-state index is 0.303. The van der Waals surface area contributed by atoms with Gasteiger partial charge in [-0.15, -0.1) is 0 Å². The molecule has 0 heterocycles. The second-order valence-corrected chi connectivity index (χ2v) is 6.71. The molecule has 1 N–H and O–H groups in total. The van der Waals surface area contributed by atoms with Crippen LogP contribution in [0.2, 0.25) is 10.0 Å². The molecule has 0 aliphatic carbocycles. The fraction of sp³-hybridized carbons (Fsp3) is 0.647. The van der Waals surface area contributed by atoms with E-state index in [2.05, 4.69) is 38.0 Å². The Labute approximate surface area is 139 Å². The Hall–Kier alpha value is -0.280. The zero-order chi connectivity index (χ0) is 15.8. The maximum atomic E-state index is 6.29. The molecule has 0 fully saturated rings. The van der Waals surface area contributed by atoms with Gasteiger partial charge in [0.05, 0.1) is 0 Å². The molecule has 2 nitrogen and oxygen atoms in total. The summed E-state index contributed by atoms with van der Waals surface area (Å²) < 4.78 is 0. The summed E-state index contributed by atoms with van der Waals surface area (Å²) in [5, 5.41) is 5.04. The van der Waals surface area contributed by atoms with E-state index in [1.54, 1.807) is 0 Å². The van der Waals surface area contributed by atoms with Crippen molar-refractivity contribution in [3.8, 4) is 0 Å². The predicted octanol–water partition coefficient (Wildman–Crippen LogP) is 5.15. The minimum Gasteiger partial charge on any atom is -0.310 e. The Morgan fingerprint density at radius 3 is 2.48 bits per heavy atom. The van der Waals surface area contributed by atoms with Gasteiger partial charge in [0, 0.05) is 22.1 Å². The van der Waals surface area contributed by atoms with Crippen LogP contribution in [0, 0.1) is 0 Å². The van der Waals surface area contributed by atoms with E-state index in [0.29, 0.717) is 17.1 Å². The molecule has 1 rings (SSSR count). The summed E-state index contributed by atoms with van der Waals surface area (Å²) in [7, 11) is 2.18. The van der Waals surface area contributed by atoms with Gasteiger partial charge in [0.15, 0.2) is 0 Å². The Kier molecular flexibility index (Phi) is 8.65. The summed E-state index contributed by atoms with van der Waals surface area (Å²) in [6.07, 6.45) is 3.42. The van der Waals surface area contributed by atoms with Crippen LogP contribution in [0.5, 0.6) is 0 Å². The van der Waals surface area contributed by atoms with Crippen molar-refractivity contribution >= 4 is 23.2 Å². The van der Waals surface area contributed by atoms with Crippen molar-refractivity contribution in [3.05, 3.63) is 33.8 Å². The van der Waals surface area contributed by atoms with Crippen LogP contribution in [-0.4, -0.2) is 31.1 Å². The summed E-state index contributed by atoms with van der Waals surface area (Å²) in [5.74, 6) is 0. The zero-order valence-corrected chi connectivity index (χ0v) is 15.1. The third-order valence-electron chi connectivity index (χ3n) is 3.96. The van der Waals surface area contributed by atoms with Crippen LogP contribution in [0.25, 0.3) is 0 Å². The van der Waals surface area contributed by atoms with E-state index in [9.17, 15) is 0 Å². The molecule has 0 aromatic heterocycles. The molecular formula is C17H28Cl2N2. The van der Waals surface area contributed by atoms with Gasteiger partial charge in [0.2, 0.25) is 0 Å². The van der Waals surface area contributed by atoms with Crippen LogP contribution in [0.1, 0.15) is 51.6 Å². The number of halogens is 2. The lowest BCUT2D eigenvalue weighted by Gasteiger charge is -2.22. The highest BCUT2D eigenvalue weighted by molar-refractivity contribution is 6.35. The van der Waals surface area contributed by atoms with Gasteiger partial charge in [0.25, 0.3) is 0 Å². The molecule has 21 heavy (non-hydrogen) atoms. The Bertz CT molecular complexity index is 421. The van der Waals surface area contributed by atoms with Crippen molar-refractivity contribution < 1.29 is 0 Å². The quantitative estimate of drug-likeness (QED) is 0.629. The molecule has 0 radical (unpaired) electrons. The summed E-state index contributed by atoms with van der Waals surface area (Å²) in [6.45, 7) is 8.80. The Balaban J connectivity index is 2.38. The molecule has 1 aromatic carbocycles. The van der Waals surface area contributed by atoms with Crippen LogP contribution in [0.3, 0.4) is 0 Å². The van der Waals surface area contributed by atoms with Crippen molar-refractivity contribution in [3.63, 3.8) is 0 Å². The van der Waals surface area contributed by atoms with Crippen molar-refractivity contribution in [1.29, 1.82) is 0 Å². The first-order valence-corrected chi connectivity index (χ1v) is 8.59. The summed E-state index contributed by atoms with van der Waals surface area (Å²) in [5.41, 5.74) is 1.14. The molecular weight excluding hydrogens is 303 g/mol. The zero-order valence-electron chi connectivity index (χ0n) is 13.6. The van der Waals surface area contributed by atoms with E-state index >= 15 is 0 Å². The lowest BCUT2D eigenvalue weighted by Crippen LogP contribution is -2.28. The number of hydrogen-bond acceptors (Lipinski definition) is 2. The monoisotopic (exact) mass is 330 g/mol. The predicted molar refractivity (Wildman–Crippen MR) is 94.5 cm³/mol. The molecule has 1 aromatic rings. The van der Waals surface area contributed by atoms with Gasteiger partial charge in [-0.3, -0.25) is 0 Å². The third-order valence-corrected chi connectivity index (χ3v) is 4.52. The SMILES string of the molecule is CCC(NCCCCN(C)C(C)C)c1ccc(Cl)cc1Cl. The van der Waals surface area contributed by atoms with Crippen molar-refractivity contribution in [2.75, 3.05) is 20.1 Å². The average molecular weight is 331 g/mol. The first-order valence-electron chi connectivity index (χ1n) is 7.84. The van der Waals surface area contributed by atoms with E-state index in [-0.39, 0.29) is 0 Å². The molecule has 0 aliphatic rings. The summed E-state index contributed by atoms with van der Waals surface area (Å²) in [6, 6.07) is 6.68. The summed E-state index contributed by atoms with van der Waals surface area (Å²) in [4.78, 5) is 2.38. The smallest absolute Gasteiger partial charge is 0.0468 e. The van der Waals surface area contributed by atoms with Gasteiger partial charge in [-0.05, 0) is 70.9 Å². The summed E-state index contributed by atoms with van der Waals surface area (Å²) >= 11 is 12.2. The normalized spacial score (nSPS) is 13.1. The lowest BCUT2D eigenvalue weighted by molar-refractivity contribution is 0.267. The van der Waals surface area contributed by atoms with Crippen molar-refractivity contribution in [2.45, 2.75) is 52.1 Å². The number of nitrogens with one attached hydrogen (secondary N) is 1. The highest BCUT2D eigenvalue weighted by Crippen LogP contribution is 2.27. The molecule has 1 unspecified atom stereocenters. The highest BCUT2D eigenvalue weighted by Gasteiger charge is 2.12. The maximum Gasteiger partial charge on any atom is 0.0468 e. The molecule has 0 bridgehead atoms. The van der Waals surface area contributed by atoms with Crippen LogP contribution in [0.15, 0.2) is 18.2 Å². The first-order chi connectivity index (χ1) is 9.95. The molecule has 0 spiro atoms. The maximum absolute atomic E-state index is 6.29. The minimum absolute atomic E-state index is 0.303. The van der Waals surface area contributed by atoms with E-state index in [1.807, 2.05) is 18.2 Å². The van der Waals surface area contributed by atoms with Crippen molar-refractivity contribution in [1.82, 2.24) is 10.2 Å². The standard InChI is InChI=1S/C17H28Cl2N2/c1-5-17(15-9-8-14(18)12-16(15)19)20-10-6-7-11-21(4)13(2)3/h8-9,12-13,17,20H,5-7,10-11H2,1-4H3. The van der Waals surface area contributed by atoms with Gasteiger partial charge in [-0.2, -0.15) is 0 Å². The molecule has 0 saturated heterocycles. The first kappa shape index (κ1) is 18.8. The lowest BCUT2D eigenvalue weighted by atomic mass is 10.0. The van der Waals surface area contributed by atoms with E-state index < -0.39 is 0 Å². The number of rotatable bonds is 9. The molecule has 120 valence electrons. The number of hydrogen-bond donors (Lipinski definition) is 1. The number of benzene rings is 1. The van der Waals surface area contributed by atoms with Gasteiger partial charge in [0.1, 0.15) is 0 Å². The molecule has 0 amide bonds. The van der Waals surface area contributed by atoms with E-state index in [4.69, 9.17) is 23.2 Å². The Morgan fingerprint density at radius 2 is 1.90 bits per heavy atom. The molecule has 4 heteroatoms. The van der Waals surface area contributed by atoms with Crippen molar-refractivity contribution in [2.24, 2.45) is 0 Å². The van der Waals surface area contributed by atoms with Crippen LogP contribution in [0.4, 0.5) is 0 Å². The van der Waals surface area contributed by atoms with Crippen LogP contribution >= 0.6 is 23.2 Å². The average Bonchev–Trinajstić information content (AvgIpc) is 2.43. The molecule has 1 atom stereocenters. The topological polar surface area (TPSA) is 15.3 Å². The van der Waals surface area contributed by atoms with Gasteiger partial charge in [-0.1, -0.05) is 36.2 Å². The second-order valence-electron chi connectivity index (χ2n) is 5.86. The fourth-order valence-electron chi connectivity index (χ4n) is 2.28. The highest BCUT2D eigenvalue weighted by atomic mass is 35.5. The largest absolute Gasteiger partial charge is 0.310 e. The fourth-order valence-corrected chi connectivity index (χ4v) is 2.82. The van der Waals surface area contributed by atoms with Crippen LogP contribution < -0.4 is 5.32 Å². The van der Waals surface area contributed by atoms with Crippen LogP contribution in [-0.2, 0) is 0 Å². The molecule has 0 aliphatic heterocycles. The van der Waals surface area contributed by atoms with Gasteiger partial charge >= 0.3 is 0 Å². The van der Waals surface area contributed by atoms with Gasteiger partial charge in [-0.25, -0.2) is 0 Å². The molecule has 0 saturated carbocycles. The number of unbranched alkanes of at least 4 members (excludes halogenated alkanes) is 1. The second kappa shape index (κ2) is 9.68. The Morgan fingerprint density at radius 1 is 1.19 bits per heavy atom. The van der Waals surface area contributed by atoms with E-state index in [0.717, 1.165) is 30.1 Å². The van der Waals surface area contributed by atoms with E-state index in [1.165, 1.54) is 12.8 Å². The third kappa shape index (κ3) is 6.56. The number of nitrogens with zero attached hydrogens (tertiary/aromatic N) is 1.